The van der Waals surface area contributed by atoms with Crippen molar-refractivity contribution in [2.24, 2.45) is 5.92 Å². The van der Waals surface area contributed by atoms with Crippen LogP contribution in [0.15, 0.2) is 29.8 Å². The van der Waals surface area contributed by atoms with E-state index in [-0.39, 0.29) is 6.09 Å². The summed E-state index contributed by atoms with van der Waals surface area (Å²) in [6, 6.07) is 6.07. The molecular weight excluding hydrogens is 322 g/mol. The summed E-state index contributed by atoms with van der Waals surface area (Å²) in [6.45, 7) is 7.18. The lowest BCUT2D eigenvalue weighted by Crippen LogP contribution is -2.35. The van der Waals surface area contributed by atoms with E-state index < -0.39 is 5.60 Å². The van der Waals surface area contributed by atoms with E-state index in [1.807, 2.05) is 44.4 Å². The maximum absolute atomic E-state index is 12.1. The van der Waals surface area contributed by atoms with Gasteiger partial charge in [0.15, 0.2) is 0 Å². The summed E-state index contributed by atoms with van der Waals surface area (Å²) in [4.78, 5) is 23.0. The lowest BCUT2D eigenvalue weighted by Gasteiger charge is -2.24. The molecule has 1 atom stereocenters. The van der Waals surface area contributed by atoms with Crippen LogP contribution in [0.2, 0.25) is 0 Å². The summed E-state index contributed by atoms with van der Waals surface area (Å²) in [6.07, 6.45) is 3.44. The Balaban J connectivity index is 1.60. The van der Waals surface area contributed by atoms with Crippen LogP contribution in [0.1, 0.15) is 32.9 Å². The van der Waals surface area contributed by atoms with Gasteiger partial charge < -0.3 is 9.64 Å². The predicted molar refractivity (Wildman–Crippen MR) is 95.0 cm³/mol. The fraction of sp³-hybridized carbons (Fsp3) is 0.500. The first kappa shape index (κ1) is 16.9. The molecule has 1 aliphatic rings. The highest BCUT2D eigenvalue weighted by Crippen LogP contribution is 2.24. The molecule has 3 rings (SSSR count). The van der Waals surface area contributed by atoms with Crippen LogP contribution in [0, 0.1) is 5.92 Å². The van der Waals surface area contributed by atoms with Gasteiger partial charge in [-0.1, -0.05) is 6.07 Å². The van der Waals surface area contributed by atoms with Crippen molar-refractivity contribution in [3.05, 3.63) is 35.5 Å². The Hall–Kier alpha value is -1.95. The van der Waals surface area contributed by atoms with E-state index in [9.17, 15) is 4.79 Å². The van der Waals surface area contributed by atoms with E-state index >= 15 is 0 Å². The molecule has 3 heterocycles. The molecule has 6 heteroatoms. The average Bonchev–Trinajstić information content (AvgIpc) is 3.17. The second-order valence-corrected chi connectivity index (χ2v) is 8.03. The zero-order chi connectivity index (χ0) is 17.2. The standard InChI is InChI=1S/C18H23N3O2S/c1-18(2,3)23-17(22)21-9-7-13(12-21)11-14-5-4-6-15(20-14)16-19-8-10-24-16/h4-6,8,10,13H,7,9,11-12H2,1-3H3/t13-/m1/s1. The number of rotatable bonds is 3. The van der Waals surface area contributed by atoms with Gasteiger partial charge in [-0.2, -0.15) is 0 Å². The van der Waals surface area contributed by atoms with Crippen LogP contribution in [0.4, 0.5) is 4.79 Å². The number of thiazole rings is 1. The molecule has 2 aromatic rings. The van der Waals surface area contributed by atoms with Gasteiger partial charge in [0.05, 0.1) is 5.69 Å². The molecule has 0 aliphatic carbocycles. The lowest BCUT2D eigenvalue weighted by atomic mass is 10.0. The van der Waals surface area contributed by atoms with Crippen molar-refractivity contribution in [1.82, 2.24) is 14.9 Å². The fourth-order valence-electron chi connectivity index (χ4n) is 2.85. The van der Waals surface area contributed by atoms with E-state index in [2.05, 4.69) is 4.98 Å². The van der Waals surface area contributed by atoms with Gasteiger partial charge in [-0.15, -0.1) is 11.3 Å². The molecule has 0 unspecified atom stereocenters. The average molecular weight is 345 g/mol. The molecule has 0 saturated carbocycles. The van der Waals surface area contributed by atoms with Crippen molar-refractivity contribution in [1.29, 1.82) is 0 Å². The maximum atomic E-state index is 12.1. The summed E-state index contributed by atoms with van der Waals surface area (Å²) >= 11 is 1.59. The Labute approximate surface area is 146 Å². The number of hydrogen-bond donors (Lipinski definition) is 0. The number of likely N-dealkylation sites (tertiary alicyclic amines) is 1. The second kappa shape index (κ2) is 6.89. The Morgan fingerprint density at radius 1 is 1.42 bits per heavy atom. The fourth-order valence-corrected chi connectivity index (χ4v) is 3.46. The van der Waals surface area contributed by atoms with Gasteiger partial charge >= 0.3 is 6.09 Å². The first-order valence-electron chi connectivity index (χ1n) is 8.24. The number of nitrogens with zero attached hydrogens (tertiary/aromatic N) is 3. The van der Waals surface area contributed by atoms with Gasteiger partial charge in [-0.25, -0.2) is 9.78 Å². The largest absolute Gasteiger partial charge is 0.444 e. The molecule has 5 nitrogen and oxygen atoms in total. The summed E-state index contributed by atoms with van der Waals surface area (Å²) < 4.78 is 5.45. The SMILES string of the molecule is CC(C)(C)OC(=O)N1CC[C@H](Cc2cccc(-c3nccs3)n2)C1. The zero-order valence-corrected chi connectivity index (χ0v) is 15.2. The number of hydrogen-bond acceptors (Lipinski definition) is 5. The summed E-state index contributed by atoms with van der Waals surface area (Å²) in [5, 5.41) is 2.90. The normalized spacial score (nSPS) is 18.0. The number of amides is 1. The molecule has 1 fully saturated rings. The van der Waals surface area contributed by atoms with Gasteiger partial charge in [-0.3, -0.25) is 4.98 Å². The monoisotopic (exact) mass is 345 g/mol. The molecule has 24 heavy (non-hydrogen) atoms. The summed E-state index contributed by atoms with van der Waals surface area (Å²) in [5.41, 5.74) is 1.53. The number of carbonyl (C=O) groups excluding carboxylic acids is 1. The Morgan fingerprint density at radius 2 is 2.25 bits per heavy atom. The van der Waals surface area contributed by atoms with Crippen molar-refractivity contribution in [3.8, 4) is 10.7 Å². The first-order chi connectivity index (χ1) is 11.4. The quantitative estimate of drug-likeness (QED) is 0.843. The minimum atomic E-state index is -0.446. The van der Waals surface area contributed by atoms with Gasteiger partial charge in [0.1, 0.15) is 10.6 Å². The molecule has 0 aromatic carbocycles. The third-order valence-electron chi connectivity index (χ3n) is 3.89. The third kappa shape index (κ3) is 4.32. The topological polar surface area (TPSA) is 55.3 Å². The third-order valence-corrected chi connectivity index (χ3v) is 4.69. The lowest BCUT2D eigenvalue weighted by molar-refractivity contribution is 0.0288. The zero-order valence-electron chi connectivity index (χ0n) is 14.4. The predicted octanol–water partition coefficient (Wildman–Crippen LogP) is 4.00. The highest BCUT2D eigenvalue weighted by molar-refractivity contribution is 7.13. The summed E-state index contributed by atoms with van der Waals surface area (Å²) in [7, 11) is 0. The van der Waals surface area contributed by atoms with Crippen molar-refractivity contribution in [2.45, 2.75) is 39.2 Å². The molecule has 1 saturated heterocycles. The molecule has 1 amide bonds. The molecule has 1 aliphatic heterocycles. The van der Waals surface area contributed by atoms with Crippen LogP contribution < -0.4 is 0 Å². The van der Waals surface area contributed by atoms with Crippen LogP contribution in [0.5, 0.6) is 0 Å². The smallest absolute Gasteiger partial charge is 0.410 e. The van der Waals surface area contributed by atoms with E-state index in [1.54, 1.807) is 22.4 Å². The minimum absolute atomic E-state index is 0.213. The maximum Gasteiger partial charge on any atom is 0.410 e. The highest BCUT2D eigenvalue weighted by Gasteiger charge is 2.30. The number of aromatic nitrogens is 2. The molecule has 128 valence electrons. The molecule has 2 aromatic heterocycles. The van der Waals surface area contributed by atoms with Crippen molar-refractivity contribution < 1.29 is 9.53 Å². The van der Waals surface area contributed by atoms with Crippen LogP contribution >= 0.6 is 11.3 Å². The molecule has 0 radical (unpaired) electrons. The van der Waals surface area contributed by atoms with Gasteiger partial charge in [0.2, 0.25) is 0 Å². The van der Waals surface area contributed by atoms with Crippen LogP contribution in [-0.4, -0.2) is 39.7 Å². The molecular formula is C18H23N3O2S. The van der Waals surface area contributed by atoms with Crippen molar-refractivity contribution in [3.63, 3.8) is 0 Å². The highest BCUT2D eigenvalue weighted by atomic mass is 32.1. The van der Waals surface area contributed by atoms with Crippen LogP contribution in [0.3, 0.4) is 0 Å². The van der Waals surface area contributed by atoms with Gasteiger partial charge in [-0.05, 0) is 51.7 Å². The number of ether oxygens (including phenoxy) is 1. The van der Waals surface area contributed by atoms with Crippen LogP contribution in [-0.2, 0) is 11.2 Å². The van der Waals surface area contributed by atoms with Crippen LogP contribution in [0.25, 0.3) is 10.7 Å². The Bertz CT molecular complexity index is 695. The van der Waals surface area contributed by atoms with Crippen molar-refractivity contribution in [2.75, 3.05) is 13.1 Å². The van der Waals surface area contributed by atoms with Crippen molar-refractivity contribution >= 4 is 17.4 Å². The molecule has 0 spiro atoms. The van der Waals surface area contributed by atoms with E-state index in [1.165, 1.54) is 0 Å². The number of pyridine rings is 1. The summed E-state index contributed by atoms with van der Waals surface area (Å²) in [5.74, 6) is 0.427. The van der Waals surface area contributed by atoms with Gasteiger partial charge in [0.25, 0.3) is 0 Å². The van der Waals surface area contributed by atoms with Gasteiger partial charge in [0, 0.05) is 30.4 Å². The van der Waals surface area contributed by atoms with E-state index in [4.69, 9.17) is 9.72 Å². The Kier molecular flexibility index (Phi) is 4.85. The minimum Gasteiger partial charge on any atom is -0.444 e. The number of carbonyl (C=O) groups is 1. The van der Waals surface area contributed by atoms with E-state index in [0.29, 0.717) is 5.92 Å². The molecule has 0 N–H and O–H groups in total. The second-order valence-electron chi connectivity index (χ2n) is 7.14. The first-order valence-corrected chi connectivity index (χ1v) is 9.12. The Morgan fingerprint density at radius 3 is 2.96 bits per heavy atom. The van der Waals surface area contributed by atoms with E-state index in [0.717, 1.165) is 42.3 Å². The molecule has 0 bridgehead atoms.